The van der Waals surface area contributed by atoms with E-state index in [1.54, 1.807) is 0 Å². The van der Waals surface area contributed by atoms with Gasteiger partial charge in [-0.3, -0.25) is 0 Å². The molecule has 0 amide bonds. The lowest BCUT2D eigenvalue weighted by atomic mass is 10.2. The molecular weight excluding hydrogens is 184 g/mol. The van der Waals surface area contributed by atoms with Gasteiger partial charge in [-0.2, -0.15) is 0 Å². The molecule has 1 aromatic heterocycles. The van der Waals surface area contributed by atoms with Crippen molar-refractivity contribution < 1.29 is 4.57 Å². The third-order valence-corrected chi connectivity index (χ3v) is 2.33. The first-order chi connectivity index (χ1) is 7.33. The molecule has 82 valence electrons. The molecule has 0 fully saturated rings. The van der Waals surface area contributed by atoms with Crippen molar-refractivity contribution in [2.24, 2.45) is 0 Å². The first-order valence-corrected chi connectivity index (χ1v) is 5.51. The molecule has 0 radical (unpaired) electrons. The van der Waals surface area contributed by atoms with E-state index in [0.717, 1.165) is 0 Å². The van der Waals surface area contributed by atoms with E-state index >= 15 is 0 Å². The molecule has 1 heterocycles. The summed E-state index contributed by atoms with van der Waals surface area (Å²) in [5.74, 6) is 0. The molecule has 0 saturated heterocycles. The van der Waals surface area contributed by atoms with Gasteiger partial charge in [-0.25, -0.2) is 4.57 Å². The van der Waals surface area contributed by atoms with Crippen molar-refractivity contribution in [1.82, 2.24) is 0 Å². The minimum Gasteiger partial charge on any atom is -0.512 e. The Hall–Kier alpha value is -1.36. The fourth-order valence-corrected chi connectivity index (χ4v) is 1.40. The number of unbranched alkanes of at least 4 members (excludes halogenated alkanes) is 3. The summed E-state index contributed by atoms with van der Waals surface area (Å²) >= 11 is 0. The molecule has 2 nitrogen and oxygen atoms in total. The quantitative estimate of drug-likeness (QED) is 0.411. The topological polar surface area (TPSA) is 27.7 Å². The molecule has 0 unspecified atom stereocenters. The normalized spacial score (nSPS) is 9.07. The van der Waals surface area contributed by atoms with E-state index in [1.807, 2.05) is 0 Å². The average molecular weight is 204 g/mol. The van der Waals surface area contributed by atoms with Crippen LogP contribution < -0.4 is 4.57 Å². The van der Waals surface area contributed by atoms with Crippen LogP contribution in [-0.2, 0) is 6.54 Å². The Kier molecular flexibility index (Phi) is 8.37. The van der Waals surface area contributed by atoms with Crippen LogP contribution in [0.1, 0.15) is 38.2 Å². The van der Waals surface area contributed by atoms with Crippen LogP contribution in [0.25, 0.3) is 0 Å². The van der Waals surface area contributed by atoms with Gasteiger partial charge >= 0.3 is 0 Å². The van der Waals surface area contributed by atoms with Crippen molar-refractivity contribution in [3.05, 3.63) is 36.7 Å². The lowest BCUT2D eigenvalue weighted by Crippen LogP contribution is -2.32. The summed E-state index contributed by atoms with van der Waals surface area (Å²) in [7, 11) is 0. The van der Waals surface area contributed by atoms with Gasteiger partial charge in [0.05, 0.1) is 0 Å². The molecule has 0 saturated carbocycles. The number of rotatable bonds is 5. The predicted octanol–water partition coefficient (Wildman–Crippen LogP) is 2.96. The SMILES string of the molecule is CCCCCC[n+]1ccc(C)cc1.[C-]#N. The van der Waals surface area contributed by atoms with Crippen LogP contribution in [0.2, 0.25) is 0 Å². The van der Waals surface area contributed by atoms with Crippen LogP contribution in [0.4, 0.5) is 0 Å². The summed E-state index contributed by atoms with van der Waals surface area (Å²) in [6.07, 6.45) is 9.69. The van der Waals surface area contributed by atoms with Crippen molar-refractivity contribution >= 4 is 0 Å². The second kappa shape index (κ2) is 9.21. The average Bonchev–Trinajstić information content (AvgIpc) is 2.30. The zero-order chi connectivity index (χ0) is 11.5. The van der Waals surface area contributed by atoms with E-state index in [0.29, 0.717) is 0 Å². The van der Waals surface area contributed by atoms with Gasteiger partial charge in [0.1, 0.15) is 6.54 Å². The summed E-state index contributed by atoms with van der Waals surface area (Å²) in [6, 6.07) is 4.33. The summed E-state index contributed by atoms with van der Waals surface area (Å²) in [4.78, 5) is 0. The van der Waals surface area contributed by atoms with Crippen LogP contribution in [0.15, 0.2) is 24.5 Å². The Bertz CT molecular complexity index is 262. The zero-order valence-electron chi connectivity index (χ0n) is 9.74. The summed E-state index contributed by atoms with van der Waals surface area (Å²) in [6.45, 7) is 10.3. The highest BCUT2D eigenvalue weighted by Crippen LogP contribution is 1.98. The van der Waals surface area contributed by atoms with Gasteiger partial charge < -0.3 is 11.8 Å². The molecule has 0 aliphatic heterocycles. The highest BCUT2D eigenvalue weighted by Gasteiger charge is 1.97. The lowest BCUT2D eigenvalue weighted by Gasteiger charge is -1.97. The fraction of sp³-hybridized carbons (Fsp3) is 0.538. The molecule has 0 bridgehead atoms. The lowest BCUT2D eigenvalue weighted by molar-refractivity contribution is -0.697. The molecule has 1 aromatic rings. The van der Waals surface area contributed by atoms with Crippen molar-refractivity contribution in [2.75, 3.05) is 0 Å². The Balaban J connectivity index is 0.000000921. The number of aryl methyl sites for hydroxylation is 2. The van der Waals surface area contributed by atoms with Gasteiger partial charge in [-0.15, -0.1) is 0 Å². The minimum atomic E-state index is 1.17. The van der Waals surface area contributed by atoms with Gasteiger partial charge in [-0.1, -0.05) is 19.8 Å². The highest BCUT2D eigenvalue weighted by molar-refractivity contribution is 5.03. The van der Waals surface area contributed by atoms with Crippen molar-refractivity contribution in [2.45, 2.75) is 46.1 Å². The Labute approximate surface area is 93.2 Å². The van der Waals surface area contributed by atoms with Gasteiger partial charge in [0.15, 0.2) is 12.4 Å². The van der Waals surface area contributed by atoms with E-state index in [-0.39, 0.29) is 0 Å². The number of aromatic nitrogens is 1. The van der Waals surface area contributed by atoms with Crippen LogP contribution in [0, 0.1) is 18.8 Å². The molecular formula is C13H20N2. The van der Waals surface area contributed by atoms with Crippen LogP contribution in [0.5, 0.6) is 0 Å². The minimum absolute atomic E-state index is 1.17. The molecule has 0 atom stereocenters. The smallest absolute Gasteiger partial charge is 0.169 e. The van der Waals surface area contributed by atoms with Crippen molar-refractivity contribution in [3.63, 3.8) is 0 Å². The maximum Gasteiger partial charge on any atom is 0.169 e. The molecule has 15 heavy (non-hydrogen) atoms. The van der Waals surface area contributed by atoms with Gasteiger partial charge in [0.2, 0.25) is 0 Å². The molecule has 0 spiro atoms. The molecule has 2 heteroatoms. The Morgan fingerprint density at radius 2 is 1.73 bits per heavy atom. The van der Waals surface area contributed by atoms with Crippen molar-refractivity contribution in [3.8, 4) is 0 Å². The van der Waals surface area contributed by atoms with E-state index < -0.39 is 0 Å². The molecule has 0 aromatic carbocycles. The maximum atomic E-state index is 6.25. The number of nitrogens with zero attached hydrogens (tertiary/aromatic N) is 2. The van der Waals surface area contributed by atoms with E-state index in [4.69, 9.17) is 11.8 Å². The van der Waals surface area contributed by atoms with Crippen LogP contribution in [-0.4, -0.2) is 0 Å². The van der Waals surface area contributed by atoms with Crippen molar-refractivity contribution in [1.29, 1.82) is 5.26 Å². The van der Waals surface area contributed by atoms with Crippen LogP contribution >= 0.6 is 0 Å². The van der Waals surface area contributed by atoms with Gasteiger partial charge in [-0.05, 0) is 18.9 Å². The summed E-state index contributed by atoms with van der Waals surface area (Å²) in [5, 5.41) is 6.25. The van der Waals surface area contributed by atoms with E-state index in [9.17, 15) is 0 Å². The van der Waals surface area contributed by atoms with E-state index in [2.05, 4.69) is 42.9 Å². The van der Waals surface area contributed by atoms with E-state index in [1.165, 1.54) is 37.8 Å². The molecule has 0 N–H and O–H groups in total. The Morgan fingerprint density at radius 1 is 1.13 bits per heavy atom. The molecule has 0 aliphatic carbocycles. The first kappa shape index (κ1) is 13.6. The molecule has 1 rings (SSSR count). The second-order valence-electron chi connectivity index (χ2n) is 3.67. The van der Waals surface area contributed by atoms with Crippen LogP contribution in [0.3, 0.4) is 0 Å². The molecule has 0 aliphatic rings. The third kappa shape index (κ3) is 6.68. The zero-order valence-corrected chi connectivity index (χ0v) is 9.74. The summed E-state index contributed by atoms with van der Waals surface area (Å²) in [5.41, 5.74) is 1.34. The third-order valence-electron chi connectivity index (χ3n) is 2.33. The number of hydrogen-bond acceptors (Lipinski definition) is 1. The Morgan fingerprint density at radius 3 is 2.27 bits per heavy atom. The fourth-order valence-electron chi connectivity index (χ4n) is 1.40. The number of pyridine rings is 1. The second-order valence-corrected chi connectivity index (χ2v) is 3.67. The monoisotopic (exact) mass is 204 g/mol. The standard InChI is InChI=1S/C12H20N.CN/c1-3-4-5-6-9-13-10-7-12(2)8-11-13;1-2/h7-8,10-11H,3-6,9H2,1-2H3;/q+1;-1. The van der Waals surface area contributed by atoms with Gasteiger partial charge in [0, 0.05) is 18.6 Å². The highest BCUT2D eigenvalue weighted by atomic mass is 14.9. The largest absolute Gasteiger partial charge is 0.512 e. The number of hydrogen-bond donors (Lipinski definition) is 0. The maximum absolute atomic E-state index is 6.25. The first-order valence-electron chi connectivity index (χ1n) is 5.51. The van der Waals surface area contributed by atoms with Gasteiger partial charge in [0.25, 0.3) is 0 Å². The summed E-state index contributed by atoms with van der Waals surface area (Å²) < 4.78 is 2.27. The predicted molar refractivity (Wildman–Crippen MR) is 60.5 cm³/mol.